The Morgan fingerprint density at radius 2 is 2.07 bits per heavy atom. The number of carboxylic acid groups (broad SMARTS) is 1. The quantitative estimate of drug-likeness (QED) is 0.516. The third kappa shape index (κ3) is 2.82. The van der Waals surface area contributed by atoms with E-state index >= 15 is 0 Å². The van der Waals surface area contributed by atoms with E-state index < -0.39 is 28.6 Å². The highest BCUT2D eigenvalue weighted by Crippen LogP contribution is 2.30. The van der Waals surface area contributed by atoms with Crippen molar-refractivity contribution in [1.82, 2.24) is 28.7 Å². The molecule has 4 aromatic rings. The van der Waals surface area contributed by atoms with Crippen molar-refractivity contribution < 1.29 is 18.7 Å². The molecule has 13 heteroatoms. The number of aromatic carboxylic acids is 1. The molecule has 1 fully saturated rings. The molecule has 0 spiro atoms. The van der Waals surface area contributed by atoms with Gasteiger partial charge in [0.25, 0.3) is 0 Å². The van der Waals surface area contributed by atoms with Crippen LogP contribution in [0.4, 0.5) is 14.6 Å². The zero-order chi connectivity index (χ0) is 21.0. The lowest BCUT2D eigenvalue weighted by atomic mass is 10.1. The van der Waals surface area contributed by atoms with Gasteiger partial charge in [0.05, 0.1) is 23.8 Å². The van der Waals surface area contributed by atoms with Crippen molar-refractivity contribution in [1.29, 1.82) is 0 Å². The summed E-state index contributed by atoms with van der Waals surface area (Å²) in [6.07, 6.45) is 4.73. The smallest absolute Gasteiger partial charge is 0.341 e. The van der Waals surface area contributed by atoms with Gasteiger partial charge in [-0.2, -0.15) is 9.47 Å². The van der Waals surface area contributed by atoms with Crippen LogP contribution >= 0.6 is 11.5 Å². The summed E-state index contributed by atoms with van der Waals surface area (Å²) in [5, 5.41) is 13.3. The molecule has 4 aromatic heterocycles. The Bertz CT molecular complexity index is 1350. The number of carboxylic acids is 1. The Morgan fingerprint density at radius 3 is 2.70 bits per heavy atom. The number of anilines is 1. The second-order valence-electron chi connectivity index (χ2n) is 6.63. The molecule has 0 saturated carbocycles. The van der Waals surface area contributed by atoms with Crippen LogP contribution in [0.3, 0.4) is 0 Å². The maximum atomic E-state index is 14.8. The summed E-state index contributed by atoms with van der Waals surface area (Å²) in [5.74, 6) is -2.68. The van der Waals surface area contributed by atoms with Gasteiger partial charge < -0.3 is 10.0 Å². The molecule has 10 nitrogen and oxygen atoms in total. The maximum Gasteiger partial charge on any atom is 0.341 e. The summed E-state index contributed by atoms with van der Waals surface area (Å²) in [5.41, 5.74) is -1.31. The fourth-order valence-corrected chi connectivity index (χ4v) is 3.83. The van der Waals surface area contributed by atoms with Crippen molar-refractivity contribution in [3.63, 3.8) is 0 Å². The highest BCUT2D eigenvalue weighted by molar-refractivity contribution is 7.08. The van der Waals surface area contributed by atoms with E-state index in [1.165, 1.54) is 21.8 Å². The predicted molar refractivity (Wildman–Crippen MR) is 101 cm³/mol. The van der Waals surface area contributed by atoms with E-state index in [4.69, 9.17) is 0 Å². The number of aromatic nitrogens is 6. The summed E-state index contributed by atoms with van der Waals surface area (Å²) >= 11 is 0.968. The Hall–Kier alpha value is -3.74. The fourth-order valence-electron chi connectivity index (χ4n) is 3.32. The van der Waals surface area contributed by atoms with Crippen molar-refractivity contribution in [3.05, 3.63) is 58.4 Å². The van der Waals surface area contributed by atoms with Crippen molar-refractivity contribution in [2.45, 2.75) is 6.04 Å². The van der Waals surface area contributed by atoms with Crippen LogP contribution in [0.1, 0.15) is 16.4 Å². The minimum absolute atomic E-state index is 0.00730. The third-order valence-corrected chi connectivity index (χ3v) is 5.47. The van der Waals surface area contributed by atoms with Crippen molar-refractivity contribution in [2.75, 3.05) is 18.0 Å². The molecule has 0 aliphatic carbocycles. The molecule has 0 atom stereocenters. The van der Waals surface area contributed by atoms with Gasteiger partial charge >= 0.3 is 5.97 Å². The Morgan fingerprint density at radius 1 is 1.27 bits per heavy atom. The van der Waals surface area contributed by atoms with E-state index in [1.54, 1.807) is 4.90 Å². The second kappa shape index (κ2) is 6.66. The fraction of sp³-hybridized carbons (Fsp3) is 0.176. The van der Waals surface area contributed by atoms with Gasteiger partial charge in [0.1, 0.15) is 11.9 Å². The van der Waals surface area contributed by atoms with Crippen LogP contribution in [0.25, 0.3) is 16.2 Å². The van der Waals surface area contributed by atoms with Crippen LogP contribution in [0.5, 0.6) is 0 Å². The summed E-state index contributed by atoms with van der Waals surface area (Å²) in [7, 11) is 0. The van der Waals surface area contributed by atoms with Gasteiger partial charge in [0.2, 0.25) is 10.6 Å². The van der Waals surface area contributed by atoms with E-state index in [9.17, 15) is 23.5 Å². The molecule has 5 rings (SSSR count). The second-order valence-corrected chi connectivity index (χ2v) is 7.39. The normalized spacial score (nSPS) is 14.3. The first-order chi connectivity index (χ1) is 14.4. The first-order valence-electron chi connectivity index (χ1n) is 8.63. The lowest BCUT2D eigenvalue weighted by Crippen LogP contribution is -2.48. The maximum absolute atomic E-state index is 14.8. The SMILES string of the molecule is O=C(O)c1cn(-c2ncns2)c2nc(N3CC(n4cc(F)cn4)C3)c(F)cc2c1=O. The van der Waals surface area contributed by atoms with Gasteiger partial charge in [-0.1, -0.05) is 0 Å². The molecular formula is C17H11F2N7O3S. The first-order valence-corrected chi connectivity index (χ1v) is 9.40. The number of hydrogen-bond acceptors (Lipinski definition) is 8. The van der Waals surface area contributed by atoms with Gasteiger partial charge in [-0.25, -0.2) is 23.5 Å². The average Bonchev–Trinajstić information content (AvgIpc) is 3.34. The van der Waals surface area contributed by atoms with Crippen LogP contribution in [0.15, 0.2) is 35.8 Å². The van der Waals surface area contributed by atoms with E-state index in [1.807, 2.05) is 0 Å². The summed E-state index contributed by atoms with van der Waals surface area (Å²) in [6, 6.07) is 0.830. The lowest BCUT2D eigenvalue weighted by Gasteiger charge is -2.40. The molecular weight excluding hydrogens is 420 g/mol. The molecule has 0 aromatic carbocycles. The van der Waals surface area contributed by atoms with Crippen LogP contribution in [-0.2, 0) is 0 Å². The zero-order valence-corrected chi connectivity index (χ0v) is 15.8. The molecule has 1 aliphatic heterocycles. The third-order valence-electron chi connectivity index (χ3n) is 4.81. The van der Waals surface area contributed by atoms with Crippen molar-refractivity contribution >= 4 is 34.4 Å². The highest BCUT2D eigenvalue weighted by Gasteiger charge is 2.32. The van der Waals surface area contributed by atoms with Crippen LogP contribution in [-0.4, -0.2) is 52.9 Å². The molecule has 1 aliphatic rings. The van der Waals surface area contributed by atoms with Gasteiger partial charge in [0.15, 0.2) is 23.1 Å². The van der Waals surface area contributed by atoms with Gasteiger partial charge in [-0.15, -0.1) is 0 Å². The Balaban J connectivity index is 1.61. The number of hydrogen-bond donors (Lipinski definition) is 1. The lowest BCUT2D eigenvalue weighted by molar-refractivity contribution is 0.0695. The summed E-state index contributed by atoms with van der Waals surface area (Å²) in [6.45, 7) is 0.680. The summed E-state index contributed by atoms with van der Waals surface area (Å²) < 4.78 is 34.6. The van der Waals surface area contributed by atoms with E-state index in [2.05, 4.69) is 19.4 Å². The Labute approximate surface area is 169 Å². The topological polar surface area (TPSA) is 119 Å². The van der Waals surface area contributed by atoms with Crippen LogP contribution < -0.4 is 10.3 Å². The molecule has 1 saturated heterocycles. The monoisotopic (exact) mass is 431 g/mol. The molecule has 1 N–H and O–H groups in total. The van der Waals surface area contributed by atoms with E-state index in [0.717, 1.165) is 30.0 Å². The average molecular weight is 431 g/mol. The van der Waals surface area contributed by atoms with Gasteiger partial charge in [-0.3, -0.25) is 14.0 Å². The molecule has 5 heterocycles. The number of carbonyl (C=O) groups is 1. The molecule has 30 heavy (non-hydrogen) atoms. The summed E-state index contributed by atoms with van der Waals surface area (Å²) in [4.78, 5) is 34.0. The molecule has 0 unspecified atom stereocenters. The van der Waals surface area contributed by atoms with Crippen LogP contribution in [0, 0.1) is 11.6 Å². The molecule has 0 amide bonds. The molecule has 0 bridgehead atoms. The van der Waals surface area contributed by atoms with E-state index in [0.29, 0.717) is 13.1 Å². The van der Waals surface area contributed by atoms with Crippen LogP contribution in [0.2, 0.25) is 0 Å². The molecule has 152 valence electrons. The largest absolute Gasteiger partial charge is 0.477 e. The molecule has 0 radical (unpaired) electrons. The minimum Gasteiger partial charge on any atom is -0.477 e. The minimum atomic E-state index is -1.44. The standard InChI is InChI=1S/C17H11F2N7O3S/c18-8-2-21-26(3-8)9-4-24(5-9)15-12(19)1-10-13(27)11(16(28)29)6-25(14(10)23-15)17-20-7-22-30-17/h1-3,6-7,9H,4-5H2,(H,28,29). The first kappa shape index (κ1) is 18.3. The van der Waals surface area contributed by atoms with Gasteiger partial charge in [-0.05, 0) is 6.07 Å². The van der Waals surface area contributed by atoms with Gasteiger partial charge in [0, 0.05) is 30.8 Å². The van der Waals surface area contributed by atoms with Crippen molar-refractivity contribution in [2.24, 2.45) is 0 Å². The highest BCUT2D eigenvalue weighted by atomic mass is 32.1. The Kier molecular flexibility index (Phi) is 4.06. The van der Waals surface area contributed by atoms with E-state index in [-0.39, 0.29) is 28.0 Å². The van der Waals surface area contributed by atoms with Crippen molar-refractivity contribution in [3.8, 4) is 5.13 Å². The number of pyridine rings is 2. The number of fused-ring (bicyclic) bond motifs is 1. The zero-order valence-electron chi connectivity index (χ0n) is 14.9. The number of nitrogens with zero attached hydrogens (tertiary/aromatic N) is 7. The number of halogens is 2. The predicted octanol–water partition coefficient (Wildman–Crippen LogP) is 1.47. The number of rotatable bonds is 4.